The molecule has 0 aliphatic carbocycles. The van der Waals surface area contributed by atoms with Crippen LogP contribution in [0.4, 0.5) is 0 Å². The smallest absolute Gasteiger partial charge is 0.205 e. The molecule has 0 aromatic rings. The Hall–Kier alpha value is -0.130. The Morgan fingerprint density at radius 1 is 1.54 bits per heavy atom. The fourth-order valence-electron chi connectivity index (χ4n) is 2.24. The molecule has 1 spiro atoms. The van der Waals surface area contributed by atoms with Gasteiger partial charge in [0.1, 0.15) is 0 Å². The lowest BCUT2D eigenvalue weighted by atomic mass is 9.92. The van der Waals surface area contributed by atoms with E-state index in [-0.39, 0.29) is 11.9 Å². The molecule has 76 valence electrons. The number of sulfone groups is 1. The highest BCUT2D eigenvalue weighted by Gasteiger charge is 2.61. The van der Waals surface area contributed by atoms with Gasteiger partial charge in [-0.25, -0.2) is 8.42 Å². The summed E-state index contributed by atoms with van der Waals surface area (Å²) in [6.45, 7) is 5.28. The molecular weight excluding hydrogens is 190 g/mol. The average molecular weight is 205 g/mol. The van der Waals surface area contributed by atoms with E-state index in [4.69, 9.17) is 4.74 Å². The average Bonchev–Trinajstić information content (AvgIpc) is 2.48. The van der Waals surface area contributed by atoms with Gasteiger partial charge in [-0.1, -0.05) is 13.8 Å². The summed E-state index contributed by atoms with van der Waals surface area (Å²) in [5, 5.41) is 3.10. The number of hydrogen-bond donors (Lipinski definition) is 1. The van der Waals surface area contributed by atoms with Gasteiger partial charge >= 0.3 is 0 Å². The van der Waals surface area contributed by atoms with Crippen LogP contribution < -0.4 is 5.32 Å². The van der Waals surface area contributed by atoms with Crippen molar-refractivity contribution in [1.29, 1.82) is 0 Å². The number of rotatable bonds is 1. The van der Waals surface area contributed by atoms with E-state index in [1.54, 1.807) is 0 Å². The summed E-state index contributed by atoms with van der Waals surface area (Å²) < 4.78 is 28.5. The van der Waals surface area contributed by atoms with Gasteiger partial charge in [-0.05, 0) is 5.92 Å². The second-order valence-electron chi connectivity index (χ2n) is 4.17. The van der Waals surface area contributed by atoms with Gasteiger partial charge < -0.3 is 10.1 Å². The number of nitrogens with one attached hydrogen (secondary N) is 1. The predicted molar refractivity (Wildman–Crippen MR) is 48.8 cm³/mol. The highest BCUT2D eigenvalue weighted by atomic mass is 32.2. The lowest BCUT2D eigenvalue weighted by Gasteiger charge is -2.42. The van der Waals surface area contributed by atoms with Crippen molar-refractivity contribution < 1.29 is 13.2 Å². The fraction of sp³-hybridized carbons (Fsp3) is 1.00. The molecule has 0 aromatic heterocycles. The van der Waals surface area contributed by atoms with Crippen LogP contribution in [0.1, 0.15) is 13.8 Å². The molecule has 0 radical (unpaired) electrons. The summed E-state index contributed by atoms with van der Waals surface area (Å²) in [6, 6.07) is 0. The maximum Gasteiger partial charge on any atom is 0.205 e. The molecule has 2 saturated heterocycles. The van der Waals surface area contributed by atoms with Gasteiger partial charge in [0, 0.05) is 19.0 Å². The molecule has 2 aliphatic rings. The highest BCUT2D eigenvalue weighted by molar-refractivity contribution is 7.93. The summed E-state index contributed by atoms with van der Waals surface area (Å²) in [5.41, 5.74) is 0. The molecule has 0 aromatic carbocycles. The summed E-state index contributed by atoms with van der Waals surface area (Å²) in [5.74, 6) is 0.342. The molecule has 1 N–H and O–H groups in total. The summed E-state index contributed by atoms with van der Waals surface area (Å²) in [7, 11) is -3.00. The molecule has 2 fully saturated rings. The Balaban J connectivity index is 2.32. The normalized spacial score (nSPS) is 42.5. The van der Waals surface area contributed by atoms with Gasteiger partial charge in [0.2, 0.25) is 9.84 Å². The van der Waals surface area contributed by atoms with Crippen LogP contribution in [-0.2, 0) is 14.6 Å². The first kappa shape index (κ1) is 9.43. The molecule has 13 heavy (non-hydrogen) atoms. The van der Waals surface area contributed by atoms with Crippen LogP contribution in [0.2, 0.25) is 0 Å². The van der Waals surface area contributed by atoms with Gasteiger partial charge in [0.15, 0.2) is 10.9 Å². The van der Waals surface area contributed by atoms with E-state index in [1.807, 2.05) is 13.8 Å². The van der Waals surface area contributed by atoms with Crippen molar-refractivity contribution >= 4 is 9.84 Å². The van der Waals surface area contributed by atoms with Crippen molar-refractivity contribution in [2.24, 2.45) is 11.8 Å². The first-order valence-corrected chi connectivity index (χ1v) is 6.22. The second kappa shape index (κ2) is 2.68. The lowest BCUT2D eigenvalue weighted by Crippen LogP contribution is -2.60. The van der Waals surface area contributed by atoms with Gasteiger partial charge in [0.05, 0.1) is 0 Å². The largest absolute Gasteiger partial charge is 0.341 e. The van der Waals surface area contributed by atoms with Crippen LogP contribution in [0, 0.1) is 11.8 Å². The van der Waals surface area contributed by atoms with Crippen molar-refractivity contribution in [3.05, 3.63) is 0 Å². The molecule has 5 heteroatoms. The van der Waals surface area contributed by atoms with Crippen LogP contribution in [0.5, 0.6) is 0 Å². The predicted octanol–water partition coefficient (Wildman–Crippen LogP) is -0.0394. The molecular formula is C8H15NO3S. The van der Waals surface area contributed by atoms with Crippen molar-refractivity contribution in [3.8, 4) is 0 Å². The van der Waals surface area contributed by atoms with Crippen molar-refractivity contribution in [2.45, 2.75) is 18.8 Å². The Labute approximate surface area is 78.6 Å². The van der Waals surface area contributed by atoms with E-state index in [0.717, 1.165) is 6.54 Å². The minimum Gasteiger partial charge on any atom is -0.341 e. The third kappa shape index (κ3) is 1.07. The van der Waals surface area contributed by atoms with Crippen LogP contribution in [0.15, 0.2) is 0 Å². The zero-order valence-corrected chi connectivity index (χ0v) is 8.73. The second-order valence-corrected chi connectivity index (χ2v) is 6.33. The Bertz CT molecular complexity index is 311. The quantitative estimate of drug-likeness (QED) is 0.652. The number of hydrogen-bond acceptors (Lipinski definition) is 4. The van der Waals surface area contributed by atoms with E-state index in [9.17, 15) is 8.42 Å². The molecule has 2 heterocycles. The standard InChI is InChI=1S/C8H15NO3S/c1-6(2)7-3-9-4-8(7)12-5-13(8,10)11/h6-7,9H,3-5H2,1-2H3. The topological polar surface area (TPSA) is 55.4 Å². The van der Waals surface area contributed by atoms with Crippen LogP contribution in [0.3, 0.4) is 0 Å². The minimum absolute atomic E-state index is 0.0993. The van der Waals surface area contributed by atoms with Crippen LogP contribution in [0.25, 0.3) is 0 Å². The van der Waals surface area contributed by atoms with Gasteiger partial charge in [-0.15, -0.1) is 0 Å². The Morgan fingerprint density at radius 2 is 2.23 bits per heavy atom. The number of ether oxygens (including phenoxy) is 1. The third-order valence-corrected chi connectivity index (χ3v) is 5.14. The maximum absolute atomic E-state index is 11.6. The molecule has 0 amide bonds. The van der Waals surface area contributed by atoms with E-state index in [0.29, 0.717) is 12.5 Å². The molecule has 2 aliphatic heterocycles. The molecule has 4 nitrogen and oxygen atoms in total. The minimum atomic E-state index is -3.00. The van der Waals surface area contributed by atoms with Crippen molar-refractivity contribution in [2.75, 3.05) is 19.0 Å². The Morgan fingerprint density at radius 3 is 2.54 bits per heavy atom. The molecule has 0 bridgehead atoms. The van der Waals surface area contributed by atoms with Crippen molar-refractivity contribution in [3.63, 3.8) is 0 Å². The van der Waals surface area contributed by atoms with Crippen molar-refractivity contribution in [1.82, 2.24) is 5.32 Å². The van der Waals surface area contributed by atoms with Gasteiger partial charge in [-0.2, -0.15) is 0 Å². The molecule has 0 saturated carbocycles. The maximum atomic E-state index is 11.6. The molecule has 2 unspecified atom stereocenters. The Kier molecular flexibility index (Phi) is 1.94. The highest BCUT2D eigenvalue weighted by Crippen LogP contribution is 2.43. The molecule has 2 rings (SSSR count). The summed E-state index contributed by atoms with van der Waals surface area (Å²) in [6.07, 6.45) is 0. The van der Waals surface area contributed by atoms with Gasteiger partial charge in [0.25, 0.3) is 0 Å². The van der Waals surface area contributed by atoms with E-state index >= 15 is 0 Å². The van der Waals surface area contributed by atoms with Gasteiger partial charge in [-0.3, -0.25) is 0 Å². The van der Waals surface area contributed by atoms with E-state index in [2.05, 4.69) is 5.32 Å². The first-order chi connectivity index (χ1) is 6.00. The lowest BCUT2D eigenvalue weighted by molar-refractivity contribution is -0.0252. The summed E-state index contributed by atoms with van der Waals surface area (Å²) in [4.78, 5) is -0.888. The summed E-state index contributed by atoms with van der Waals surface area (Å²) >= 11 is 0. The van der Waals surface area contributed by atoms with Crippen LogP contribution >= 0.6 is 0 Å². The first-order valence-electron chi connectivity index (χ1n) is 4.56. The van der Waals surface area contributed by atoms with E-state index in [1.165, 1.54) is 0 Å². The molecule has 2 atom stereocenters. The van der Waals surface area contributed by atoms with Crippen LogP contribution in [-0.4, -0.2) is 32.4 Å². The fourth-order valence-corrected chi connectivity index (χ4v) is 3.99. The monoisotopic (exact) mass is 205 g/mol. The zero-order valence-electron chi connectivity index (χ0n) is 7.91. The van der Waals surface area contributed by atoms with E-state index < -0.39 is 14.8 Å². The third-order valence-electron chi connectivity index (χ3n) is 3.09. The SMILES string of the molecule is CC(C)C1CNCC12OCS2(=O)=O. The zero-order chi connectivity index (χ0) is 9.69.